The minimum Gasteiger partial charge on any atom is -0.497 e. The Kier molecular flexibility index (Phi) is 9.73. The molecule has 0 radical (unpaired) electrons. The summed E-state index contributed by atoms with van der Waals surface area (Å²) >= 11 is 1.73. The number of thiophene rings is 1. The van der Waals surface area contributed by atoms with Crippen LogP contribution in [0.25, 0.3) is 0 Å². The van der Waals surface area contributed by atoms with Gasteiger partial charge in [0.05, 0.1) is 24.2 Å². The Labute approximate surface area is 202 Å². The van der Waals surface area contributed by atoms with Gasteiger partial charge in [0.15, 0.2) is 5.96 Å². The number of hydrogen-bond donors (Lipinski definition) is 2. The molecule has 1 aliphatic heterocycles. The summed E-state index contributed by atoms with van der Waals surface area (Å²) in [6, 6.07) is 8.38. The number of piperidine rings is 1. The highest BCUT2D eigenvalue weighted by atomic mass is 127. The molecule has 1 aromatic carbocycles. The van der Waals surface area contributed by atoms with Crippen molar-refractivity contribution in [3.8, 4) is 5.75 Å². The van der Waals surface area contributed by atoms with E-state index in [2.05, 4.69) is 38.0 Å². The minimum absolute atomic E-state index is 0. The number of methoxy groups -OCH3 is 1. The van der Waals surface area contributed by atoms with E-state index in [0.717, 1.165) is 32.0 Å². The fourth-order valence-electron chi connectivity index (χ4n) is 3.46. The molecule has 1 saturated heterocycles. The number of nitrogens with one attached hydrogen (secondary N) is 2. The first-order valence-corrected chi connectivity index (χ1v) is 10.9. The van der Waals surface area contributed by atoms with E-state index in [1.54, 1.807) is 11.3 Å². The SMILES string of the molecule is CCNC(=NCc1ccc(OC)cc1C(F)(F)F)NC1CCN(c2cccs2)CC1.I. The lowest BCUT2D eigenvalue weighted by molar-refractivity contribution is -0.138. The third kappa shape index (κ3) is 7.16. The Hall–Kier alpha value is -1.69. The molecular formula is C21H28F3IN4OS. The number of hydrogen-bond acceptors (Lipinski definition) is 4. The predicted octanol–water partition coefficient (Wildman–Crippen LogP) is 5.12. The van der Waals surface area contributed by atoms with Gasteiger partial charge in [0.25, 0.3) is 0 Å². The quantitative estimate of drug-likeness (QED) is 0.289. The van der Waals surface area contributed by atoms with Crippen LogP contribution in [0.5, 0.6) is 5.75 Å². The summed E-state index contributed by atoms with van der Waals surface area (Å²) in [5.41, 5.74) is -0.598. The Bertz CT molecular complexity index is 838. The van der Waals surface area contributed by atoms with Crippen LogP contribution >= 0.6 is 35.3 Å². The van der Waals surface area contributed by atoms with E-state index in [9.17, 15) is 13.2 Å². The highest BCUT2D eigenvalue weighted by molar-refractivity contribution is 14.0. The molecule has 31 heavy (non-hydrogen) atoms. The lowest BCUT2D eigenvalue weighted by atomic mass is 10.1. The zero-order chi connectivity index (χ0) is 21.6. The molecular weight excluding hydrogens is 540 g/mol. The molecule has 3 rings (SSSR count). The number of halogens is 4. The van der Waals surface area contributed by atoms with Crippen molar-refractivity contribution < 1.29 is 17.9 Å². The van der Waals surface area contributed by atoms with E-state index >= 15 is 0 Å². The highest BCUT2D eigenvalue weighted by Crippen LogP contribution is 2.34. The zero-order valence-electron chi connectivity index (χ0n) is 17.5. The first kappa shape index (κ1) is 25.6. The van der Waals surface area contributed by atoms with E-state index < -0.39 is 11.7 Å². The van der Waals surface area contributed by atoms with E-state index in [0.29, 0.717) is 12.5 Å². The van der Waals surface area contributed by atoms with Gasteiger partial charge in [0.1, 0.15) is 5.75 Å². The van der Waals surface area contributed by atoms with E-state index in [4.69, 9.17) is 4.74 Å². The van der Waals surface area contributed by atoms with Gasteiger partial charge in [-0.25, -0.2) is 4.99 Å². The lowest BCUT2D eigenvalue weighted by Gasteiger charge is -2.33. The largest absolute Gasteiger partial charge is 0.497 e. The van der Waals surface area contributed by atoms with E-state index in [1.807, 2.05) is 6.92 Å². The van der Waals surface area contributed by atoms with Crippen LogP contribution in [0, 0.1) is 0 Å². The Morgan fingerprint density at radius 2 is 2.00 bits per heavy atom. The third-order valence-electron chi connectivity index (χ3n) is 5.03. The molecule has 0 unspecified atom stereocenters. The van der Waals surface area contributed by atoms with Crippen LogP contribution in [0.1, 0.15) is 30.9 Å². The monoisotopic (exact) mass is 568 g/mol. The number of rotatable bonds is 6. The van der Waals surface area contributed by atoms with Crippen molar-refractivity contribution in [3.05, 3.63) is 46.8 Å². The first-order valence-electron chi connectivity index (χ1n) is 9.98. The van der Waals surface area contributed by atoms with Crippen LogP contribution in [0.2, 0.25) is 0 Å². The molecule has 0 aliphatic carbocycles. The van der Waals surface area contributed by atoms with E-state index in [1.165, 1.54) is 24.2 Å². The van der Waals surface area contributed by atoms with Crippen LogP contribution < -0.4 is 20.3 Å². The number of alkyl halides is 3. The molecule has 172 valence electrons. The molecule has 5 nitrogen and oxygen atoms in total. The molecule has 1 aliphatic rings. The van der Waals surface area contributed by atoms with Crippen molar-refractivity contribution in [1.82, 2.24) is 10.6 Å². The first-order chi connectivity index (χ1) is 14.4. The van der Waals surface area contributed by atoms with Gasteiger partial charge in [-0.3, -0.25) is 0 Å². The number of aliphatic imine (C=N–C) groups is 1. The Morgan fingerprint density at radius 3 is 2.58 bits per heavy atom. The van der Waals surface area contributed by atoms with Gasteiger partial charge >= 0.3 is 6.18 Å². The van der Waals surface area contributed by atoms with Gasteiger partial charge in [0, 0.05) is 25.7 Å². The molecule has 2 aromatic rings. The van der Waals surface area contributed by atoms with Gasteiger partial charge < -0.3 is 20.3 Å². The molecule has 0 spiro atoms. The lowest BCUT2D eigenvalue weighted by Crippen LogP contribution is -2.48. The molecule has 0 atom stereocenters. The average Bonchev–Trinajstić information content (AvgIpc) is 3.27. The molecule has 0 bridgehead atoms. The maximum Gasteiger partial charge on any atom is 0.416 e. The van der Waals surface area contributed by atoms with Gasteiger partial charge in [-0.05, 0) is 55.0 Å². The fourth-order valence-corrected chi connectivity index (χ4v) is 4.24. The summed E-state index contributed by atoms with van der Waals surface area (Å²) in [6.07, 6.45) is -2.57. The van der Waals surface area contributed by atoms with Crippen molar-refractivity contribution >= 4 is 46.3 Å². The summed E-state index contributed by atoms with van der Waals surface area (Å²) in [4.78, 5) is 6.78. The third-order valence-corrected chi connectivity index (χ3v) is 5.96. The molecule has 2 N–H and O–H groups in total. The molecule has 0 amide bonds. The molecule has 1 fully saturated rings. The fraction of sp³-hybridized carbons (Fsp3) is 0.476. The number of nitrogens with zero attached hydrogens (tertiary/aromatic N) is 2. The highest BCUT2D eigenvalue weighted by Gasteiger charge is 2.33. The van der Waals surface area contributed by atoms with E-state index in [-0.39, 0.29) is 47.9 Å². The maximum atomic E-state index is 13.4. The summed E-state index contributed by atoms with van der Waals surface area (Å²) in [5.74, 6) is 0.716. The molecule has 1 aromatic heterocycles. The molecule has 10 heteroatoms. The second-order valence-corrected chi connectivity index (χ2v) is 8.00. The maximum absolute atomic E-state index is 13.4. The summed E-state index contributed by atoms with van der Waals surface area (Å²) in [5, 5.41) is 9.87. The van der Waals surface area contributed by atoms with Gasteiger partial charge in [-0.15, -0.1) is 35.3 Å². The normalized spacial score (nSPS) is 15.4. The van der Waals surface area contributed by atoms with Crippen LogP contribution in [0.4, 0.5) is 18.2 Å². The van der Waals surface area contributed by atoms with Crippen LogP contribution in [0.15, 0.2) is 40.7 Å². The van der Waals surface area contributed by atoms with Crippen molar-refractivity contribution in [2.45, 2.75) is 38.5 Å². The van der Waals surface area contributed by atoms with Crippen molar-refractivity contribution in [1.29, 1.82) is 0 Å². The summed E-state index contributed by atoms with van der Waals surface area (Å²) in [6.45, 7) is 4.38. The minimum atomic E-state index is -4.46. The average molecular weight is 568 g/mol. The van der Waals surface area contributed by atoms with Gasteiger partial charge in [0.2, 0.25) is 0 Å². The summed E-state index contributed by atoms with van der Waals surface area (Å²) in [7, 11) is 1.35. The molecule has 0 saturated carbocycles. The second kappa shape index (κ2) is 11.8. The van der Waals surface area contributed by atoms with Crippen LogP contribution in [-0.4, -0.2) is 38.7 Å². The van der Waals surface area contributed by atoms with Gasteiger partial charge in [-0.2, -0.15) is 13.2 Å². The Morgan fingerprint density at radius 1 is 1.26 bits per heavy atom. The van der Waals surface area contributed by atoms with Crippen molar-refractivity contribution in [3.63, 3.8) is 0 Å². The standard InChI is InChI=1S/C21H27F3N4OS.HI/c1-3-25-20(27-16-8-10-28(11-9-16)19-5-4-12-30-19)26-14-15-6-7-17(29-2)13-18(15)21(22,23)24;/h4-7,12-13,16H,3,8-11,14H2,1-2H3,(H2,25,26,27);1H. The van der Waals surface area contributed by atoms with Crippen LogP contribution in [0.3, 0.4) is 0 Å². The topological polar surface area (TPSA) is 48.9 Å². The summed E-state index contributed by atoms with van der Waals surface area (Å²) < 4.78 is 45.2. The predicted molar refractivity (Wildman–Crippen MR) is 131 cm³/mol. The smallest absolute Gasteiger partial charge is 0.416 e. The van der Waals surface area contributed by atoms with Crippen molar-refractivity contribution in [2.75, 3.05) is 31.6 Å². The Balaban J connectivity index is 0.00000341. The molecule has 2 heterocycles. The van der Waals surface area contributed by atoms with Crippen molar-refractivity contribution in [2.24, 2.45) is 4.99 Å². The number of ether oxygens (including phenoxy) is 1. The van der Waals surface area contributed by atoms with Gasteiger partial charge in [-0.1, -0.05) is 6.07 Å². The number of benzene rings is 1. The van der Waals surface area contributed by atoms with Crippen LogP contribution in [-0.2, 0) is 12.7 Å². The second-order valence-electron chi connectivity index (χ2n) is 7.07. The zero-order valence-corrected chi connectivity index (χ0v) is 20.7. The number of anilines is 1. The number of guanidine groups is 1.